The maximum absolute atomic E-state index is 15.4. The molecule has 3 aromatic rings. The zero-order chi connectivity index (χ0) is 35.8. The van der Waals surface area contributed by atoms with Crippen LogP contribution in [0.3, 0.4) is 0 Å². The van der Waals surface area contributed by atoms with Crippen LogP contribution in [0.4, 0.5) is 23.7 Å². The molecule has 0 aliphatic carbocycles. The van der Waals surface area contributed by atoms with Gasteiger partial charge in [-0.25, -0.2) is 26.4 Å². The lowest BCUT2D eigenvalue weighted by Crippen LogP contribution is -2.58. The number of ether oxygens (including phenoxy) is 2. The lowest BCUT2D eigenvalue weighted by molar-refractivity contribution is -0.119. The molecule has 3 aromatic carbocycles. The van der Waals surface area contributed by atoms with Crippen LogP contribution in [0.15, 0.2) is 71.6 Å². The molecule has 0 radical (unpaired) electrons. The summed E-state index contributed by atoms with van der Waals surface area (Å²) < 4.78 is 83.5. The van der Waals surface area contributed by atoms with E-state index in [0.717, 1.165) is 25.3 Å². The molecule has 2 aliphatic rings. The first kappa shape index (κ1) is 37.3. The Labute approximate surface area is 290 Å². The quantitative estimate of drug-likeness (QED) is 0.231. The van der Waals surface area contributed by atoms with Gasteiger partial charge in [-0.3, -0.25) is 4.79 Å². The normalized spacial score (nSPS) is 20.1. The van der Waals surface area contributed by atoms with E-state index in [0.29, 0.717) is 52.0 Å². The summed E-state index contributed by atoms with van der Waals surface area (Å²) >= 11 is 0. The number of halogens is 3. The Morgan fingerprint density at radius 1 is 1.00 bits per heavy atom. The smallest absolute Gasteiger partial charge is 0.407 e. The van der Waals surface area contributed by atoms with Crippen molar-refractivity contribution < 1.29 is 40.7 Å². The van der Waals surface area contributed by atoms with Crippen molar-refractivity contribution in [1.82, 2.24) is 14.9 Å². The summed E-state index contributed by atoms with van der Waals surface area (Å²) in [4.78, 5) is 26.9. The zero-order valence-corrected chi connectivity index (χ0v) is 28.9. The number of sulfonamides is 1. The van der Waals surface area contributed by atoms with Gasteiger partial charge in [0.05, 0.1) is 12.0 Å². The minimum Gasteiger partial charge on any atom is -0.453 e. The highest BCUT2D eigenvalue weighted by molar-refractivity contribution is 7.89. The van der Waals surface area contributed by atoms with Crippen molar-refractivity contribution in [3.05, 3.63) is 95.3 Å². The van der Waals surface area contributed by atoms with Crippen LogP contribution in [0, 0.1) is 23.4 Å². The Morgan fingerprint density at radius 3 is 2.38 bits per heavy atom. The van der Waals surface area contributed by atoms with Crippen molar-refractivity contribution in [2.24, 2.45) is 5.92 Å². The van der Waals surface area contributed by atoms with Crippen molar-refractivity contribution >= 4 is 27.7 Å². The van der Waals surface area contributed by atoms with Crippen LogP contribution >= 0.6 is 0 Å². The molecule has 50 heavy (non-hydrogen) atoms. The van der Waals surface area contributed by atoms with E-state index in [1.165, 1.54) is 22.5 Å². The monoisotopic (exact) mass is 716 g/mol. The van der Waals surface area contributed by atoms with Gasteiger partial charge in [-0.1, -0.05) is 24.3 Å². The first-order valence-corrected chi connectivity index (χ1v) is 18.2. The third-order valence-corrected chi connectivity index (χ3v) is 11.5. The van der Waals surface area contributed by atoms with E-state index in [9.17, 15) is 26.8 Å². The van der Waals surface area contributed by atoms with Crippen LogP contribution in [0.1, 0.15) is 49.7 Å². The predicted molar refractivity (Wildman–Crippen MR) is 182 cm³/mol. The van der Waals surface area contributed by atoms with E-state index in [2.05, 4.69) is 16.0 Å². The van der Waals surface area contributed by atoms with E-state index in [1.54, 1.807) is 30.3 Å². The lowest BCUT2D eigenvalue weighted by Gasteiger charge is -2.40. The summed E-state index contributed by atoms with van der Waals surface area (Å²) in [6, 6.07) is 13.4. The molecule has 0 unspecified atom stereocenters. The number of nitrogens with one attached hydrogen (secondary N) is 3. The number of hydrogen-bond donors (Lipinski definition) is 3. The summed E-state index contributed by atoms with van der Waals surface area (Å²) in [6.45, 7) is 3.48. The predicted octanol–water partition coefficient (Wildman–Crippen LogP) is 5.35. The minimum atomic E-state index is -3.79. The van der Waals surface area contributed by atoms with Gasteiger partial charge >= 0.3 is 6.09 Å². The van der Waals surface area contributed by atoms with Gasteiger partial charge in [0.25, 0.3) is 0 Å². The Balaban J connectivity index is 1.38. The SMILES string of the molecule is COC(=O)N[C@H](C(=O)Nc1cccc(F)c1CCC[C@H]1CNC[C@H](C)N1S(=O)(=O)c1ccccc1)[C@@H](c1cc(F)cc(F)c1)C1CCOCC1. The van der Waals surface area contributed by atoms with E-state index in [4.69, 9.17) is 9.47 Å². The number of benzene rings is 3. The largest absolute Gasteiger partial charge is 0.453 e. The second-order valence-corrected chi connectivity index (χ2v) is 14.6. The molecule has 14 heteroatoms. The lowest BCUT2D eigenvalue weighted by atomic mass is 9.76. The van der Waals surface area contributed by atoms with Crippen molar-refractivity contribution in [1.29, 1.82) is 0 Å². The number of methoxy groups -OCH3 is 1. The van der Waals surface area contributed by atoms with E-state index in [1.807, 2.05) is 6.92 Å². The number of carbonyl (C=O) groups excluding carboxylic acids is 2. The van der Waals surface area contributed by atoms with E-state index >= 15 is 4.39 Å². The van der Waals surface area contributed by atoms with Gasteiger partial charge < -0.3 is 25.4 Å². The number of rotatable bonds is 12. The Kier molecular flexibility index (Phi) is 12.5. The van der Waals surface area contributed by atoms with Gasteiger partial charge in [0.2, 0.25) is 15.9 Å². The molecule has 2 fully saturated rings. The van der Waals surface area contributed by atoms with Gasteiger partial charge in [-0.05, 0) is 86.9 Å². The Hall–Kier alpha value is -3.98. The van der Waals surface area contributed by atoms with Gasteiger partial charge in [0.1, 0.15) is 23.5 Å². The topological polar surface area (TPSA) is 126 Å². The van der Waals surface area contributed by atoms with Crippen LogP contribution in [-0.4, -0.2) is 76.3 Å². The Bertz CT molecular complexity index is 1720. The molecule has 0 bridgehead atoms. The second kappa shape index (κ2) is 16.8. The number of carbonyl (C=O) groups is 2. The van der Waals surface area contributed by atoms with E-state index in [-0.39, 0.29) is 40.1 Å². The summed E-state index contributed by atoms with van der Waals surface area (Å²) in [5.74, 6) is -4.14. The molecule has 2 saturated heterocycles. The van der Waals surface area contributed by atoms with Crippen LogP contribution in [0.5, 0.6) is 0 Å². The maximum Gasteiger partial charge on any atom is 0.407 e. The van der Waals surface area contributed by atoms with E-state index < -0.39 is 57.5 Å². The molecule has 4 atom stereocenters. The number of nitrogens with zero attached hydrogens (tertiary/aromatic N) is 1. The second-order valence-electron chi connectivity index (χ2n) is 12.7. The molecule has 3 N–H and O–H groups in total. The number of anilines is 1. The van der Waals surface area contributed by atoms with Crippen molar-refractivity contribution in [2.45, 2.75) is 68.0 Å². The fraction of sp³-hybridized carbons (Fsp3) is 0.444. The van der Waals surface area contributed by atoms with Crippen LogP contribution in [0.25, 0.3) is 0 Å². The third-order valence-electron chi connectivity index (χ3n) is 9.42. The first-order chi connectivity index (χ1) is 24.0. The molecule has 2 aliphatic heterocycles. The van der Waals surface area contributed by atoms with Gasteiger partial charge in [-0.2, -0.15) is 4.31 Å². The molecular formula is C36H43F3N4O6S. The highest BCUT2D eigenvalue weighted by Gasteiger charge is 2.39. The number of hydrogen-bond acceptors (Lipinski definition) is 7. The highest BCUT2D eigenvalue weighted by Crippen LogP contribution is 2.37. The molecule has 2 heterocycles. The molecule has 0 spiro atoms. The molecule has 0 aromatic heterocycles. The van der Waals surface area contributed by atoms with Gasteiger partial charge in [-0.15, -0.1) is 0 Å². The molecular weight excluding hydrogens is 673 g/mol. The average molecular weight is 717 g/mol. The minimum absolute atomic E-state index is 0.159. The first-order valence-electron chi connectivity index (χ1n) is 16.8. The molecule has 5 rings (SSSR count). The Morgan fingerprint density at radius 2 is 1.70 bits per heavy atom. The van der Waals surface area contributed by atoms with Gasteiger partial charge in [0.15, 0.2) is 0 Å². The molecule has 0 saturated carbocycles. The molecule has 2 amide bonds. The van der Waals surface area contributed by atoms with Crippen LogP contribution < -0.4 is 16.0 Å². The van der Waals surface area contributed by atoms with Crippen LogP contribution in [-0.2, 0) is 30.7 Å². The summed E-state index contributed by atoms with van der Waals surface area (Å²) in [6.07, 6.45) is 0.970. The number of alkyl carbamates (subject to hydrolysis) is 1. The zero-order valence-electron chi connectivity index (χ0n) is 28.0. The highest BCUT2D eigenvalue weighted by atomic mass is 32.2. The summed E-state index contributed by atoms with van der Waals surface area (Å²) in [7, 11) is -2.66. The molecule has 10 nitrogen and oxygen atoms in total. The fourth-order valence-electron chi connectivity index (χ4n) is 7.11. The number of piperazine rings is 1. The van der Waals surface area contributed by atoms with Crippen molar-refractivity contribution in [3.8, 4) is 0 Å². The maximum atomic E-state index is 15.4. The standard InChI is InChI=1S/C36H43F3N4O6S/c1-23-21-40-22-28(43(23)50(46,47)29-9-4-3-5-10-29)8-6-11-30-31(39)12-7-13-32(30)41-35(44)34(42-36(45)48-2)33(24-14-16-49-17-15-24)25-18-26(37)20-27(38)19-25/h3-5,7,9-10,12-13,18-20,23-24,28,33-34,40H,6,8,11,14-17,21-22H2,1-2H3,(H,41,44)(H,42,45)/t23-,28-,33+,34-/m0/s1. The third kappa shape index (κ3) is 8.84. The molecule has 270 valence electrons. The van der Waals surface area contributed by atoms with Crippen LogP contribution in [0.2, 0.25) is 0 Å². The van der Waals surface area contributed by atoms with Gasteiger partial charge in [0, 0.05) is 61.6 Å². The number of amides is 2. The summed E-state index contributed by atoms with van der Waals surface area (Å²) in [5, 5.41) is 8.61. The van der Waals surface area contributed by atoms with Crippen molar-refractivity contribution in [2.75, 3.05) is 38.7 Å². The summed E-state index contributed by atoms with van der Waals surface area (Å²) in [5.41, 5.74) is 0.536. The average Bonchev–Trinajstić information content (AvgIpc) is 3.09. The fourth-order valence-corrected chi connectivity index (χ4v) is 8.98. The van der Waals surface area contributed by atoms with Crippen molar-refractivity contribution in [3.63, 3.8) is 0 Å².